The molecule has 2 rings (SSSR count). The molecule has 1 aromatic heterocycles. The van der Waals surface area contributed by atoms with E-state index in [2.05, 4.69) is 17.1 Å². The molecule has 0 amide bonds. The van der Waals surface area contributed by atoms with E-state index in [1.165, 1.54) is 0 Å². The lowest BCUT2D eigenvalue weighted by molar-refractivity contribution is 0.196. The molecule has 6 nitrogen and oxygen atoms in total. The molecule has 2 heterocycles. The lowest BCUT2D eigenvalue weighted by Gasteiger charge is -2.33. The van der Waals surface area contributed by atoms with E-state index in [0.29, 0.717) is 36.1 Å². The van der Waals surface area contributed by atoms with Crippen molar-refractivity contribution >= 4 is 10.0 Å². The van der Waals surface area contributed by atoms with E-state index in [1.54, 1.807) is 17.3 Å². The van der Waals surface area contributed by atoms with Gasteiger partial charge in [0.05, 0.1) is 6.54 Å². The number of hydrogen-bond acceptors (Lipinski definition) is 5. The van der Waals surface area contributed by atoms with Crippen molar-refractivity contribution in [1.29, 1.82) is 0 Å². The molecule has 1 fully saturated rings. The minimum atomic E-state index is -3.44. The summed E-state index contributed by atoms with van der Waals surface area (Å²) in [5, 5.41) is 3.14. The van der Waals surface area contributed by atoms with Crippen LogP contribution in [0.15, 0.2) is 15.4 Å². The van der Waals surface area contributed by atoms with Crippen LogP contribution in [0.4, 0.5) is 0 Å². The van der Waals surface area contributed by atoms with E-state index in [-0.39, 0.29) is 0 Å². The SMILES string of the molecule is CCNCc1cc(S(=O)(=O)N2CCN(CC)CC2)c(C)o1. The first-order valence-electron chi connectivity index (χ1n) is 7.51. The van der Waals surface area contributed by atoms with E-state index >= 15 is 0 Å². The highest BCUT2D eigenvalue weighted by Gasteiger charge is 2.31. The second kappa shape index (κ2) is 6.91. The largest absolute Gasteiger partial charge is 0.464 e. The van der Waals surface area contributed by atoms with E-state index in [1.807, 2.05) is 6.92 Å². The molecule has 1 aliphatic rings. The zero-order valence-corrected chi connectivity index (χ0v) is 13.9. The van der Waals surface area contributed by atoms with Gasteiger partial charge in [-0.15, -0.1) is 0 Å². The number of piperazine rings is 1. The molecule has 0 atom stereocenters. The number of furan rings is 1. The van der Waals surface area contributed by atoms with E-state index in [4.69, 9.17) is 4.42 Å². The summed E-state index contributed by atoms with van der Waals surface area (Å²) >= 11 is 0. The highest BCUT2D eigenvalue weighted by Crippen LogP contribution is 2.24. The number of likely N-dealkylation sites (N-methyl/N-ethyl adjacent to an activating group) is 1. The molecule has 0 spiro atoms. The number of aryl methyl sites for hydroxylation is 1. The van der Waals surface area contributed by atoms with Gasteiger partial charge in [0.2, 0.25) is 10.0 Å². The molecule has 7 heteroatoms. The van der Waals surface area contributed by atoms with Gasteiger partial charge in [0.15, 0.2) is 0 Å². The van der Waals surface area contributed by atoms with Crippen LogP contribution in [0, 0.1) is 6.92 Å². The molecule has 120 valence electrons. The Morgan fingerprint density at radius 1 is 1.24 bits per heavy atom. The molecule has 1 N–H and O–H groups in total. The summed E-state index contributed by atoms with van der Waals surface area (Å²) < 4.78 is 32.6. The maximum absolute atomic E-state index is 12.7. The molecule has 0 saturated carbocycles. The average Bonchev–Trinajstić information content (AvgIpc) is 2.87. The van der Waals surface area contributed by atoms with Crippen molar-refractivity contribution in [3.63, 3.8) is 0 Å². The number of nitrogens with one attached hydrogen (secondary N) is 1. The first kappa shape index (κ1) is 16.5. The van der Waals surface area contributed by atoms with Crippen molar-refractivity contribution in [2.24, 2.45) is 0 Å². The van der Waals surface area contributed by atoms with Crippen molar-refractivity contribution in [2.75, 3.05) is 39.3 Å². The van der Waals surface area contributed by atoms with E-state index < -0.39 is 10.0 Å². The Hall–Kier alpha value is -0.890. The van der Waals surface area contributed by atoms with Crippen molar-refractivity contribution in [1.82, 2.24) is 14.5 Å². The molecular weight excluding hydrogens is 290 g/mol. The lowest BCUT2D eigenvalue weighted by Crippen LogP contribution is -2.48. The summed E-state index contributed by atoms with van der Waals surface area (Å²) in [5.41, 5.74) is 0. The normalized spacial score (nSPS) is 18.2. The third kappa shape index (κ3) is 3.66. The maximum atomic E-state index is 12.7. The molecule has 1 saturated heterocycles. The number of rotatable bonds is 6. The van der Waals surface area contributed by atoms with Crippen LogP contribution >= 0.6 is 0 Å². The Bertz CT molecular complexity index is 560. The van der Waals surface area contributed by atoms with Gasteiger partial charge in [0, 0.05) is 32.2 Å². The first-order chi connectivity index (χ1) is 9.98. The topological polar surface area (TPSA) is 65.8 Å². The monoisotopic (exact) mass is 315 g/mol. The highest BCUT2D eigenvalue weighted by atomic mass is 32.2. The maximum Gasteiger partial charge on any atom is 0.246 e. The van der Waals surface area contributed by atoms with Crippen LogP contribution in [-0.4, -0.2) is 56.9 Å². The smallest absolute Gasteiger partial charge is 0.246 e. The summed E-state index contributed by atoms with van der Waals surface area (Å²) in [6.07, 6.45) is 0. The van der Waals surface area contributed by atoms with Gasteiger partial charge in [0.1, 0.15) is 16.4 Å². The van der Waals surface area contributed by atoms with Crippen LogP contribution < -0.4 is 5.32 Å². The zero-order chi connectivity index (χ0) is 15.5. The molecule has 21 heavy (non-hydrogen) atoms. The van der Waals surface area contributed by atoms with Gasteiger partial charge >= 0.3 is 0 Å². The number of sulfonamides is 1. The predicted molar refractivity (Wildman–Crippen MR) is 81.7 cm³/mol. The van der Waals surface area contributed by atoms with Crippen LogP contribution in [0.3, 0.4) is 0 Å². The summed E-state index contributed by atoms with van der Waals surface area (Å²) in [6.45, 7) is 10.8. The first-order valence-corrected chi connectivity index (χ1v) is 8.95. The number of nitrogens with zero attached hydrogens (tertiary/aromatic N) is 2. The minimum absolute atomic E-state index is 0.306. The fourth-order valence-electron chi connectivity index (χ4n) is 2.54. The summed E-state index contributed by atoms with van der Waals surface area (Å²) in [4.78, 5) is 2.56. The molecule has 0 aliphatic carbocycles. The third-order valence-electron chi connectivity index (χ3n) is 3.87. The van der Waals surface area contributed by atoms with E-state index in [0.717, 1.165) is 26.2 Å². The van der Waals surface area contributed by atoms with Crippen molar-refractivity contribution in [3.05, 3.63) is 17.6 Å². The molecule has 0 radical (unpaired) electrons. The van der Waals surface area contributed by atoms with E-state index in [9.17, 15) is 8.42 Å². The molecule has 1 aromatic rings. The second-order valence-electron chi connectivity index (χ2n) is 5.25. The van der Waals surface area contributed by atoms with Crippen LogP contribution in [-0.2, 0) is 16.6 Å². The molecule has 0 unspecified atom stereocenters. The molecule has 1 aliphatic heterocycles. The van der Waals surface area contributed by atoms with Crippen molar-refractivity contribution in [3.8, 4) is 0 Å². The Labute approximate surface area is 127 Å². The predicted octanol–water partition coefficient (Wildman–Crippen LogP) is 1.02. The van der Waals surface area contributed by atoms with Gasteiger partial charge in [0.25, 0.3) is 0 Å². The summed E-state index contributed by atoms with van der Waals surface area (Å²) in [5.74, 6) is 1.14. The fraction of sp³-hybridized carbons (Fsp3) is 0.714. The van der Waals surface area contributed by atoms with Crippen molar-refractivity contribution < 1.29 is 12.8 Å². The van der Waals surface area contributed by atoms with Crippen molar-refractivity contribution in [2.45, 2.75) is 32.2 Å². The summed E-state index contributed by atoms with van der Waals surface area (Å²) in [7, 11) is -3.44. The second-order valence-corrected chi connectivity index (χ2v) is 7.16. The molecule has 0 aromatic carbocycles. The van der Waals surface area contributed by atoms with Gasteiger partial charge in [-0.25, -0.2) is 8.42 Å². The fourth-order valence-corrected chi connectivity index (χ4v) is 4.15. The number of hydrogen-bond donors (Lipinski definition) is 1. The zero-order valence-electron chi connectivity index (χ0n) is 13.1. The van der Waals surface area contributed by atoms with Gasteiger partial charge in [-0.3, -0.25) is 0 Å². The Balaban J connectivity index is 2.14. The molecular formula is C14H25N3O3S. The van der Waals surface area contributed by atoms with Gasteiger partial charge in [-0.2, -0.15) is 4.31 Å². The molecule has 0 bridgehead atoms. The Morgan fingerprint density at radius 3 is 2.48 bits per heavy atom. The Kier molecular flexibility index (Phi) is 5.43. The van der Waals surface area contributed by atoms with Gasteiger partial charge in [-0.1, -0.05) is 13.8 Å². The van der Waals surface area contributed by atoms with Crippen LogP contribution in [0.1, 0.15) is 25.4 Å². The lowest BCUT2D eigenvalue weighted by atomic mass is 10.4. The average molecular weight is 315 g/mol. The standard InChI is InChI=1S/C14H25N3O3S/c1-4-15-11-13-10-14(12(3)20-13)21(18,19)17-8-6-16(5-2)7-9-17/h10,15H,4-9,11H2,1-3H3. The van der Waals surface area contributed by atoms with Crippen LogP contribution in [0.25, 0.3) is 0 Å². The summed E-state index contributed by atoms with van der Waals surface area (Å²) in [6, 6.07) is 1.65. The highest BCUT2D eigenvalue weighted by molar-refractivity contribution is 7.89. The van der Waals surface area contributed by atoms with Gasteiger partial charge < -0.3 is 14.6 Å². The quantitative estimate of drug-likeness (QED) is 0.849. The van der Waals surface area contributed by atoms with Crippen LogP contribution in [0.5, 0.6) is 0 Å². The van der Waals surface area contributed by atoms with Crippen LogP contribution in [0.2, 0.25) is 0 Å². The Morgan fingerprint density at radius 2 is 1.90 bits per heavy atom. The minimum Gasteiger partial charge on any atom is -0.464 e. The van der Waals surface area contributed by atoms with Gasteiger partial charge in [-0.05, 0) is 20.0 Å². The third-order valence-corrected chi connectivity index (χ3v) is 5.87.